The van der Waals surface area contributed by atoms with Crippen molar-refractivity contribution in [2.45, 2.75) is 38.9 Å². The van der Waals surface area contributed by atoms with Crippen LogP contribution in [0.15, 0.2) is 36.4 Å². The Balaban J connectivity index is 1.75. The van der Waals surface area contributed by atoms with Crippen LogP contribution in [0.1, 0.15) is 36.2 Å². The lowest BCUT2D eigenvalue weighted by molar-refractivity contribution is -0.0412. The molecule has 0 unspecified atom stereocenters. The van der Waals surface area contributed by atoms with E-state index in [0.29, 0.717) is 18.0 Å². The van der Waals surface area contributed by atoms with Gasteiger partial charge in [0.2, 0.25) is 0 Å². The fraction of sp³-hybridized carbons (Fsp3) is 0.368. The number of nitrogens with one attached hydrogen (secondary N) is 1. The molecule has 23 heavy (non-hydrogen) atoms. The summed E-state index contributed by atoms with van der Waals surface area (Å²) in [5, 5.41) is 12.7. The van der Waals surface area contributed by atoms with Gasteiger partial charge in [0, 0.05) is 18.5 Å². The van der Waals surface area contributed by atoms with Gasteiger partial charge in [0.05, 0.1) is 23.5 Å². The Morgan fingerprint density at radius 2 is 2.09 bits per heavy atom. The van der Waals surface area contributed by atoms with E-state index in [1.54, 1.807) is 0 Å². The summed E-state index contributed by atoms with van der Waals surface area (Å²) in [4.78, 5) is 4.70. The molecule has 0 saturated heterocycles. The van der Waals surface area contributed by atoms with E-state index in [-0.39, 0.29) is 5.60 Å². The summed E-state index contributed by atoms with van der Waals surface area (Å²) in [6.45, 7) is 5.41. The summed E-state index contributed by atoms with van der Waals surface area (Å²) in [5.41, 5.74) is 3.71. The first-order valence-corrected chi connectivity index (χ1v) is 7.92. The number of rotatable bonds is 4. The van der Waals surface area contributed by atoms with E-state index < -0.39 is 0 Å². The molecule has 0 bridgehead atoms. The van der Waals surface area contributed by atoms with Crippen molar-refractivity contribution in [2.24, 2.45) is 0 Å². The summed E-state index contributed by atoms with van der Waals surface area (Å²) in [7, 11) is 0. The lowest BCUT2D eigenvalue weighted by atomic mass is 9.95. The molecule has 4 nitrogen and oxygen atoms in total. The first-order chi connectivity index (χ1) is 11.1. The highest BCUT2D eigenvalue weighted by atomic mass is 16.5. The summed E-state index contributed by atoms with van der Waals surface area (Å²) >= 11 is 0. The average molecular weight is 307 g/mol. The monoisotopic (exact) mass is 307 g/mol. The number of nitriles is 1. The number of nitrogens with zero attached hydrogens (tertiary/aromatic N) is 2. The molecule has 118 valence electrons. The molecule has 1 aromatic heterocycles. The molecule has 0 spiro atoms. The Kier molecular flexibility index (Phi) is 4.31. The zero-order chi connectivity index (χ0) is 16.3. The minimum atomic E-state index is -0.199. The van der Waals surface area contributed by atoms with E-state index in [2.05, 4.69) is 37.4 Å². The lowest BCUT2D eigenvalue weighted by Gasteiger charge is -2.31. The van der Waals surface area contributed by atoms with Gasteiger partial charge in [-0.3, -0.25) is 0 Å². The van der Waals surface area contributed by atoms with E-state index in [1.807, 2.05) is 24.3 Å². The third-order valence-corrected chi connectivity index (χ3v) is 4.07. The van der Waals surface area contributed by atoms with Gasteiger partial charge in [0.25, 0.3) is 0 Å². The molecule has 0 fully saturated rings. The van der Waals surface area contributed by atoms with Crippen molar-refractivity contribution in [3.8, 4) is 6.07 Å². The Labute approximate surface area is 137 Å². The summed E-state index contributed by atoms with van der Waals surface area (Å²) in [6, 6.07) is 14.4. The zero-order valence-corrected chi connectivity index (χ0v) is 13.6. The second kappa shape index (κ2) is 6.39. The molecule has 0 saturated carbocycles. The topological polar surface area (TPSA) is 57.9 Å². The minimum absolute atomic E-state index is 0.199. The van der Waals surface area contributed by atoms with Crippen molar-refractivity contribution < 1.29 is 4.74 Å². The predicted molar refractivity (Wildman–Crippen MR) is 90.2 cm³/mol. The van der Waals surface area contributed by atoms with Crippen molar-refractivity contribution in [3.63, 3.8) is 0 Å². The third-order valence-electron chi connectivity index (χ3n) is 4.07. The predicted octanol–water partition coefficient (Wildman–Crippen LogP) is 3.46. The van der Waals surface area contributed by atoms with E-state index in [1.165, 1.54) is 5.56 Å². The molecular weight excluding hydrogens is 286 g/mol. The molecule has 0 radical (unpaired) electrons. The Bertz CT molecular complexity index is 732. The normalized spacial score (nSPS) is 15.5. The first-order valence-electron chi connectivity index (χ1n) is 7.92. The quantitative estimate of drug-likeness (QED) is 0.940. The van der Waals surface area contributed by atoms with E-state index in [0.717, 1.165) is 30.6 Å². The third kappa shape index (κ3) is 3.69. The van der Waals surface area contributed by atoms with Gasteiger partial charge < -0.3 is 10.1 Å². The van der Waals surface area contributed by atoms with Gasteiger partial charge in [-0.15, -0.1) is 0 Å². The van der Waals surface area contributed by atoms with Crippen molar-refractivity contribution >= 4 is 5.82 Å². The molecule has 1 aliphatic heterocycles. The summed E-state index contributed by atoms with van der Waals surface area (Å²) in [5.74, 6) is 0.680. The number of hydrogen-bond donors (Lipinski definition) is 1. The van der Waals surface area contributed by atoms with Crippen LogP contribution in [0.2, 0.25) is 0 Å². The van der Waals surface area contributed by atoms with Gasteiger partial charge >= 0.3 is 0 Å². The van der Waals surface area contributed by atoms with Crippen LogP contribution in [0, 0.1) is 11.3 Å². The Morgan fingerprint density at radius 3 is 2.83 bits per heavy atom. The van der Waals surface area contributed by atoms with Crippen LogP contribution in [0.5, 0.6) is 0 Å². The van der Waals surface area contributed by atoms with Crippen LogP contribution in [0.3, 0.4) is 0 Å². The SMILES string of the molecule is CC1(C)Cc2nc(NCCc3ccccc3)c(C#N)cc2CO1. The van der Waals surface area contributed by atoms with E-state index in [4.69, 9.17) is 9.72 Å². The lowest BCUT2D eigenvalue weighted by Crippen LogP contribution is -2.32. The number of ether oxygens (including phenoxy) is 1. The Morgan fingerprint density at radius 1 is 1.30 bits per heavy atom. The number of benzene rings is 1. The van der Waals surface area contributed by atoms with Crippen LogP contribution in [0.25, 0.3) is 0 Å². The largest absolute Gasteiger partial charge is 0.370 e. The second-order valence-electron chi connectivity index (χ2n) is 6.49. The van der Waals surface area contributed by atoms with E-state index >= 15 is 0 Å². The van der Waals surface area contributed by atoms with Crippen molar-refractivity contribution in [2.75, 3.05) is 11.9 Å². The molecular formula is C19H21N3O. The molecule has 2 heterocycles. The summed E-state index contributed by atoms with van der Waals surface area (Å²) in [6.07, 6.45) is 1.67. The molecule has 0 amide bonds. The van der Waals surface area contributed by atoms with Gasteiger partial charge in [-0.05, 0) is 31.9 Å². The minimum Gasteiger partial charge on any atom is -0.370 e. The van der Waals surface area contributed by atoms with Crippen LogP contribution in [-0.2, 0) is 24.2 Å². The van der Waals surface area contributed by atoms with Crippen LogP contribution in [0.4, 0.5) is 5.82 Å². The fourth-order valence-electron chi connectivity index (χ4n) is 2.79. The molecule has 0 aliphatic carbocycles. The first kappa shape index (κ1) is 15.5. The number of aromatic nitrogens is 1. The number of fused-ring (bicyclic) bond motifs is 1. The highest BCUT2D eigenvalue weighted by Crippen LogP contribution is 2.29. The van der Waals surface area contributed by atoms with Crippen molar-refractivity contribution in [1.82, 2.24) is 4.98 Å². The van der Waals surface area contributed by atoms with Gasteiger partial charge in [-0.1, -0.05) is 30.3 Å². The van der Waals surface area contributed by atoms with Gasteiger partial charge in [-0.25, -0.2) is 4.98 Å². The van der Waals surface area contributed by atoms with Crippen molar-refractivity contribution in [3.05, 3.63) is 58.8 Å². The molecule has 3 rings (SSSR count). The molecule has 1 N–H and O–H groups in total. The maximum atomic E-state index is 9.37. The smallest absolute Gasteiger partial charge is 0.144 e. The summed E-state index contributed by atoms with van der Waals surface area (Å²) < 4.78 is 5.80. The highest BCUT2D eigenvalue weighted by Gasteiger charge is 2.28. The van der Waals surface area contributed by atoms with Gasteiger partial charge in [0.15, 0.2) is 0 Å². The average Bonchev–Trinajstić information content (AvgIpc) is 2.54. The van der Waals surface area contributed by atoms with Crippen LogP contribution < -0.4 is 5.32 Å². The van der Waals surface area contributed by atoms with Crippen molar-refractivity contribution in [1.29, 1.82) is 5.26 Å². The molecule has 1 aliphatic rings. The molecule has 4 heteroatoms. The number of hydrogen-bond acceptors (Lipinski definition) is 4. The zero-order valence-electron chi connectivity index (χ0n) is 13.6. The van der Waals surface area contributed by atoms with E-state index in [9.17, 15) is 5.26 Å². The highest BCUT2D eigenvalue weighted by molar-refractivity contribution is 5.54. The standard InChI is InChI=1S/C19H21N3O/c1-19(2)11-17-16(13-23-19)10-15(12-20)18(22-17)21-9-8-14-6-4-3-5-7-14/h3-7,10H,8-9,11,13H2,1-2H3,(H,21,22). The maximum Gasteiger partial charge on any atom is 0.144 e. The van der Waals surface area contributed by atoms with Crippen LogP contribution in [-0.4, -0.2) is 17.1 Å². The maximum absolute atomic E-state index is 9.37. The second-order valence-corrected chi connectivity index (χ2v) is 6.49. The number of pyridine rings is 1. The molecule has 2 aromatic rings. The van der Waals surface area contributed by atoms with Crippen LogP contribution >= 0.6 is 0 Å². The number of anilines is 1. The van der Waals surface area contributed by atoms with Gasteiger partial charge in [0.1, 0.15) is 11.9 Å². The Hall–Kier alpha value is -2.38. The fourth-order valence-corrected chi connectivity index (χ4v) is 2.79. The molecule has 0 atom stereocenters. The van der Waals surface area contributed by atoms with Gasteiger partial charge in [-0.2, -0.15) is 5.26 Å². The molecule has 1 aromatic carbocycles.